The van der Waals surface area contributed by atoms with Crippen molar-refractivity contribution in [2.45, 2.75) is 6.42 Å². The quantitative estimate of drug-likeness (QED) is 0.425. The third-order valence-electron chi connectivity index (χ3n) is 1.60. The van der Waals surface area contributed by atoms with Crippen LogP contribution in [0, 0.1) is 6.07 Å². The van der Waals surface area contributed by atoms with Gasteiger partial charge in [0.25, 0.3) is 0 Å². The molecule has 1 radical (unpaired) electrons. The Balaban J connectivity index is 0. The van der Waals surface area contributed by atoms with Crippen LogP contribution in [0.15, 0.2) is 24.3 Å². The second kappa shape index (κ2) is 6.89. The van der Waals surface area contributed by atoms with E-state index in [1.807, 2.05) is 12.1 Å². The molecule has 0 N–H and O–H groups in total. The van der Waals surface area contributed by atoms with Crippen LogP contribution in [0.5, 0.6) is 0 Å². The van der Waals surface area contributed by atoms with Gasteiger partial charge in [-0.25, -0.2) is 0 Å². The summed E-state index contributed by atoms with van der Waals surface area (Å²) in [6, 6.07) is 9.29. The van der Waals surface area contributed by atoms with Crippen molar-refractivity contribution in [2.75, 3.05) is 0 Å². The summed E-state index contributed by atoms with van der Waals surface area (Å²) in [4.78, 5) is 0. The minimum Gasteiger partial charge on any atom is -1.00 e. The van der Waals surface area contributed by atoms with Gasteiger partial charge in [0.15, 0.2) is 0 Å². The van der Waals surface area contributed by atoms with E-state index in [1.54, 1.807) is 0 Å². The summed E-state index contributed by atoms with van der Waals surface area (Å²) in [5, 5.41) is 0. The molecule has 0 spiro atoms. The summed E-state index contributed by atoms with van der Waals surface area (Å²) in [6.07, 6.45) is 5.38. The van der Waals surface area contributed by atoms with Crippen LogP contribution in [-0.4, -0.2) is 0 Å². The topological polar surface area (TPSA) is 0 Å². The van der Waals surface area contributed by atoms with Crippen molar-refractivity contribution in [3.8, 4) is 0 Å². The molecule has 0 fully saturated rings. The van der Waals surface area contributed by atoms with Crippen LogP contribution >= 0.6 is 0 Å². The summed E-state index contributed by atoms with van der Waals surface area (Å²) in [5.74, 6) is 0. The fourth-order valence-electron chi connectivity index (χ4n) is 1.12. The molecule has 0 unspecified atom stereocenters. The smallest absolute Gasteiger partial charge is 1.00 e. The van der Waals surface area contributed by atoms with Crippen LogP contribution in [0.1, 0.15) is 11.1 Å². The molecule has 0 aliphatic heterocycles. The predicted octanol–water partition coefficient (Wildman–Crippen LogP) is -3.94. The van der Waals surface area contributed by atoms with Crippen molar-refractivity contribution in [1.82, 2.24) is 0 Å². The van der Waals surface area contributed by atoms with Gasteiger partial charge in [-0.15, -0.1) is 47.5 Å². The predicted molar refractivity (Wildman–Crippen MR) is 38.0 cm³/mol. The molecule has 1 aliphatic carbocycles. The second-order valence-corrected chi connectivity index (χ2v) is 2.22. The van der Waals surface area contributed by atoms with E-state index in [-0.39, 0.29) is 51.0 Å². The van der Waals surface area contributed by atoms with Crippen molar-refractivity contribution in [3.05, 3.63) is 41.5 Å². The van der Waals surface area contributed by atoms with E-state index in [2.05, 4.69) is 24.3 Å². The summed E-state index contributed by atoms with van der Waals surface area (Å²) in [7, 11) is 0. The maximum Gasteiger partial charge on any atom is 3.00 e. The normalized spacial score (nSPS) is 10.3. The van der Waals surface area contributed by atoms with Gasteiger partial charge in [0.2, 0.25) is 0 Å². The Bertz CT molecular complexity index is 258. The van der Waals surface area contributed by atoms with Crippen molar-refractivity contribution in [3.63, 3.8) is 0 Å². The van der Waals surface area contributed by atoms with Crippen molar-refractivity contribution >= 4 is 6.08 Å². The number of hydrogen-bond donors (Lipinski definition) is 0. The first-order valence-electron chi connectivity index (χ1n) is 3.13. The number of allylic oxidation sites excluding steroid dienone is 1. The van der Waals surface area contributed by atoms with Crippen LogP contribution in [0.2, 0.25) is 0 Å². The zero-order chi connectivity index (χ0) is 6.10. The number of halogens is 2. The molecule has 3 heteroatoms. The molecule has 0 saturated carbocycles. The number of hydrogen-bond acceptors (Lipinski definition) is 0. The maximum atomic E-state index is 3.16. The van der Waals surface area contributed by atoms with E-state index < -0.39 is 0 Å². The summed E-state index contributed by atoms with van der Waals surface area (Å²) in [5.41, 5.74) is 2.66. The maximum absolute atomic E-state index is 3.16. The summed E-state index contributed by atoms with van der Waals surface area (Å²) < 4.78 is 0. The molecule has 0 heterocycles. The first kappa shape index (κ1) is 14.9. The molecular formula is C9H7Cl2Zr. The molecule has 0 bridgehead atoms. The molecule has 1 aromatic carbocycles. The minimum atomic E-state index is 0. The van der Waals surface area contributed by atoms with Gasteiger partial charge < -0.3 is 24.8 Å². The largest absolute Gasteiger partial charge is 3.00 e. The number of rotatable bonds is 0. The van der Waals surface area contributed by atoms with Gasteiger partial charge in [0.1, 0.15) is 0 Å². The fourth-order valence-corrected chi connectivity index (χ4v) is 1.12. The zero-order valence-corrected chi connectivity index (χ0v) is 10.3. The Morgan fingerprint density at radius 1 is 1.25 bits per heavy atom. The first-order valence-corrected chi connectivity index (χ1v) is 3.13. The van der Waals surface area contributed by atoms with Gasteiger partial charge >= 0.3 is 26.2 Å². The van der Waals surface area contributed by atoms with Gasteiger partial charge in [0.05, 0.1) is 0 Å². The Morgan fingerprint density at radius 2 is 2.00 bits per heavy atom. The Labute approximate surface area is 104 Å². The van der Waals surface area contributed by atoms with E-state index >= 15 is 0 Å². The Kier molecular flexibility index (Phi) is 8.56. The van der Waals surface area contributed by atoms with Crippen LogP contribution < -0.4 is 24.8 Å². The molecule has 1 aromatic rings. The van der Waals surface area contributed by atoms with E-state index in [0.717, 1.165) is 6.42 Å². The fraction of sp³-hybridized carbons (Fsp3) is 0.111. The molecular weight excluding hydrogens is 270 g/mol. The molecule has 0 atom stereocenters. The number of benzene rings is 1. The molecule has 0 amide bonds. The summed E-state index contributed by atoms with van der Waals surface area (Å²) in [6.45, 7) is 0. The van der Waals surface area contributed by atoms with Crippen molar-refractivity contribution < 1.29 is 51.0 Å². The SMILES string of the molecule is [Cl-].[Cl-].[Zr+3].[c-]1cccc2c1C=CC2. The monoisotopic (exact) mass is 275 g/mol. The molecule has 0 saturated heterocycles. The van der Waals surface area contributed by atoms with Crippen LogP contribution in [-0.2, 0) is 32.6 Å². The van der Waals surface area contributed by atoms with Crippen LogP contribution in [0.25, 0.3) is 6.08 Å². The molecule has 1 aliphatic rings. The minimum absolute atomic E-state index is 0. The van der Waals surface area contributed by atoms with Crippen LogP contribution in [0.3, 0.4) is 0 Å². The molecule has 2 rings (SSSR count). The Hall–Kier alpha value is 0.423. The summed E-state index contributed by atoms with van der Waals surface area (Å²) >= 11 is 0. The zero-order valence-electron chi connectivity index (χ0n) is 6.35. The van der Waals surface area contributed by atoms with Gasteiger partial charge in [-0.3, -0.25) is 0 Å². The third-order valence-corrected chi connectivity index (χ3v) is 1.60. The Morgan fingerprint density at radius 3 is 2.67 bits per heavy atom. The van der Waals surface area contributed by atoms with E-state index in [4.69, 9.17) is 0 Å². The molecule has 0 aromatic heterocycles. The van der Waals surface area contributed by atoms with Crippen molar-refractivity contribution in [1.29, 1.82) is 0 Å². The second-order valence-electron chi connectivity index (χ2n) is 2.22. The molecule has 0 nitrogen and oxygen atoms in total. The standard InChI is InChI=1S/C9H7.2ClH.Zr/c1-2-5-9-7-3-6-8(9)4-1;;;/h1-4,7H,6H2;2*1H;/q-1;;;+3/p-2. The van der Waals surface area contributed by atoms with Gasteiger partial charge in [-0.05, 0) is 0 Å². The average molecular weight is 277 g/mol. The van der Waals surface area contributed by atoms with E-state index in [0.29, 0.717) is 0 Å². The third kappa shape index (κ3) is 3.05. The van der Waals surface area contributed by atoms with Crippen LogP contribution in [0.4, 0.5) is 0 Å². The van der Waals surface area contributed by atoms with Gasteiger partial charge in [-0.2, -0.15) is 0 Å². The average Bonchev–Trinajstić information content (AvgIpc) is 2.33. The number of fused-ring (bicyclic) bond motifs is 1. The van der Waals surface area contributed by atoms with Gasteiger partial charge in [0, 0.05) is 0 Å². The molecule has 12 heavy (non-hydrogen) atoms. The van der Waals surface area contributed by atoms with E-state index in [1.165, 1.54) is 11.1 Å². The van der Waals surface area contributed by atoms with Crippen molar-refractivity contribution in [2.24, 2.45) is 0 Å². The first-order chi connectivity index (χ1) is 4.47. The van der Waals surface area contributed by atoms with E-state index in [9.17, 15) is 0 Å². The van der Waals surface area contributed by atoms with Gasteiger partial charge in [-0.1, -0.05) is 6.42 Å². The molecule has 61 valence electrons.